The molecule has 1 unspecified atom stereocenters. The minimum atomic E-state index is 0.480. The summed E-state index contributed by atoms with van der Waals surface area (Å²) in [7, 11) is 0. The highest BCUT2D eigenvalue weighted by Gasteiger charge is 2.14. The zero-order chi connectivity index (χ0) is 11.3. The van der Waals surface area contributed by atoms with Gasteiger partial charge in [0, 0.05) is 6.04 Å². The number of rotatable bonds is 5. The van der Waals surface area contributed by atoms with Crippen LogP contribution in [-0.2, 0) is 0 Å². The average molecular weight is 205 g/mol. The van der Waals surface area contributed by atoms with E-state index in [1.165, 1.54) is 5.56 Å². The Kier molecular flexibility index (Phi) is 4.83. The molecule has 1 rings (SSSR count). The van der Waals surface area contributed by atoms with Gasteiger partial charge in [0.2, 0.25) is 0 Å². The lowest BCUT2D eigenvalue weighted by molar-refractivity contribution is 0.387. The summed E-state index contributed by atoms with van der Waals surface area (Å²) >= 11 is 0. The van der Waals surface area contributed by atoms with Crippen LogP contribution < -0.4 is 5.32 Å². The zero-order valence-electron chi connectivity index (χ0n) is 10.3. The molecule has 84 valence electrons. The van der Waals surface area contributed by atoms with Gasteiger partial charge in [-0.05, 0) is 23.9 Å². The molecular weight excluding hydrogens is 182 g/mol. The summed E-state index contributed by atoms with van der Waals surface area (Å²) in [5.41, 5.74) is 1.40. The van der Waals surface area contributed by atoms with Gasteiger partial charge in [-0.2, -0.15) is 0 Å². The van der Waals surface area contributed by atoms with Crippen molar-refractivity contribution in [3.63, 3.8) is 0 Å². The van der Waals surface area contributed by atoms with Gasteiger partial charge in [0.05, 0.1) is 0 Å². The standard InChI is InChI=1S/C14H23N/c1-11(2)10-15-14(12(3)4)13-8-6-5-7-9-13/h5-9,11-12,14-15H,10H2,1-4H3. The monoisotopic (exact) mass is 205 g/mol. The van der Waals surface area contributed by atoms with Gasteiger partial charge in [0.1, 0.15) is 0 Å². The maximum absolute atomic E-state index is 3.63. The van der Waals surface area contributed by atoms with Crippen molar-refractivity contribution in [2.45, 2.75) is 33.7 Å². The van der Waals surface area contributed by atoms with Crippen LogP contribution in [0.5, 0.6) is 0 Å². The predicted octanol–water partition coefficient (Wildman–Crippen LogP) is 3.63. The smallest absolute Gasteiger partial charge is 0.0343 e. The van der Waals surface area contributed by atoms with E-state index in [9.17, 15) is 0 Å². The molecule has 0 spiro atoms. The molecule has 0 aliphatic rings. The van der Waals surface area contributed by atoms with E-state index in [2.05, 4.69) is 63.3 Å². The van der Waals surface area contributed by atoms with Crippen molar-refractivity contribution in [2.24, 2.45) is 11.8 Å². The lowest BCUT2D eigenvalue weighted by atomic mass is 9.95. The molecule has 0 bridgehead atoms. The van der Waals surface area contributed by atoms with Gasteiger partial charge in [0.15, 0.2) is 0 Å². The fourth-order valence-electron chi connectivity index (χ4n) is 1.76. The Hall–Kier alpha value is -0.820. The average Bonchev–Trinajstić information content (AvgIpc) is 2.18. The maximum Gasteiger partial charge on any atom is 0.0343 e. The minimum absolute atomic E-state index is 0.480. The molecule has 0 aliphatic heterocycles. The molecule has 15 heavy (non-hydrogen) atoms. The third-order valence-corrected chi connectivity index (χ3v) is 2.57. The third-order valence-electron chi connectivity index (χ3n) is 2.57. The Morgan fingerprint density at radius 1 is 1.00 bits per heavy atom. The van der Waals surface area contributed by atoms with Gasteiger partial charge < -0.3 is 5.32 Å². The van der Waals surface area contributed by atoms with E-state index < -0.39 is 0 Å². The first-order valence-electron chi connectivity index (χ1n) is 5.89. The predicted molar refractivity (Wildman–Crippen MR) is 66.9 cm³/mol. The van der Waals surface area contributed by atoms with Crippen LogP contribution in [0.25, 0.3) is 0 Å². The fourth-order valence-corrected chi connectivity index (χ4v) is 1.76. The van der Waals surface area contributed by atoms with Crippen LogP contribution >= 0.6 is 0 Å². The second kappa shape index (κ2) is 5.92. The van der Waals surface area contributed by atoms with Crippen LogP contribution in [0, 0.1) is 11.8 Å². The largest absolute Gasteiger partial charge is 0.309 e. The molecule has 1 aromatic rings. The first-order chi connectivity index (χ1) is 7.11. The van der Waals surface area contributed by atoms with E-state index in [-0.39, 0.29) is 0 Å². The summed E-state index contributed by atoms with van der Waals surface area (Å²) in [6.45, 7) is 10.1. The Morgan fingerprint density at radius 2 is 1.60 bits per heavy atom. The van der Waals surface area contributed by atoms with Gasteiger partial charge in [-0.15, -0.1) is 0 Å². The van der Waals surface area contributed by atoms with Crippen molar-refractivity contribution in [3.05, 3.63) is 35.9 Å². The van der Waals surface area contributed by atoms with Crippen LogP contribution in [0.1, 0.15) is 39.3 Å². The molecule has 0 amide bonds. The summed E-state index contributed by atoms with van der Waals surface area (Å²) in [5.74, 6) is 1.33. The summed E-state index contributed by atoms with van der Waals surface area (Å²) < 4.78 is 0. The van der Waals surface area contributed by atoms with Crippen LogP contribution in [-0.4, -0.2) is 6.54 Å². The first kappa shape index (κ1) is 12.3. The molecule has 0 aromatic heterocycles. The van der Waals surface area contributed by atoms with E-state index in [1.54, 1.807) is 0 Å². The minimum Gasteiger partial charge on any atom is -0.309 e. The molecule has 0 aliphatic carbocycles. The highest BCUT2D eigenvalue weighted by molar-refractivity contribution is 5.19. The molecule has 1 N–H and O–H groups in total. The summed E-state index contributed by atoms with van der Waals surface area (Å²) in [4.78, 5) is 0. The van der Waals surface area contributed by atoms with Gasteiger partial charge >= 0.3 is 0 Å². The van der Waals surface area contributed by atoms with Crippen molar-refractivity contribution in [2.75, 3.05) is 6.54 Å². The van der Waals surface area contributed by atoms with Gasteiger partial charge in [-0.1, -0.05) is 58.0 Å². The summed E-state index contributed by atoms with van der Waals surface area (Å²) in [6.07, 6.45) is 0. The third kappa shape index (κ3) is 4.05. The molecule has 0 fully saturated rings. The van der Waals surface area contributed by atoms with Crippen molar-refractivity contribution in [1.82, 2.24) is 5.32 Å². The maximum atomic E-state index is 3.63. The molecule has 1 atom stereocenters. The zero-order valence-corrected chi connectivity index (χ0v) is 10.3. The number of hydrogen-bond acceptors (Lipinski definition) is 1. The second-order valence-corrected chi connectivity index (χ2v) is 4.93. The van der Waals surface area contributed by atoms with Crippen molar-refractivity contribution in [1.29, 1.82) is 0 Å². The number of nitrogens with one attached hydrogen (secondary N) is 1. The molecule has 1 heteroatoms. The summed E-state index contributed by atoms with van der Waals surface area (Å²) in [5, 5.41) is 3.63. The lowest BCUT2D eigenvalue weighted by Crippen LogP contribution is -2.28. The van der Waals surface area contributed by atoms with Crippen LogP contribution in [0.4, 0.5) is 0 Å². The number of benzene rings is 1. The van der Waals surface area contributed by atoms with Gasteiger partial charge in [-0.25, -0.2) is 0 Å². The second-order valence-electron chi connectivity index (χ2n) is 4.93. The first-order valence-corrected chi connectivity index (χ1v) is 5.89. The molecule has 1 aromatic carbocycles. The molecular formula is C14H23N. The fraction of sp³-hybridized carbons (Fsp3) is 0.571. The molecule has 1 nitrogen and oxygen atoms in total. The van der Waals surface area contributed by atoms with Gasteiger partial charge in [-0.3, -0.25) is 0 Å². The Morgan fingerprint density at radius 3 is 2.07 bits per heavy atom. The molecule has 0 heterocycles. The van der Waals surface area contributed by atoms with Gasteiger partial charge in [0.25, 0.3) is 0 Å². The van der Waals surface area contributed by atoms with E-state index in [0.717, 1.165) is 6.54 Å². The Balaban J connectivity index is 2.66. The quantitative estimate of drug-likeness (QED) is 0.774. The normalized spacial score (nSPS) is 13.5. The highest BCUT2D eigenvalue weighted by Crippen LogP contribution is 2.21. The van der Waals surface area contributed by atoms with Crippen molar-refractivity contribution in [3.8, 4) is 0 Å². The summed E-state index contributed by atoms with van der Waals surface area (Å²) in [6, 6.07) is 11.2. The lowest BCUT2D eigenvalue weighted by Gasteiger charge is -2.24. The molecule has 0 saturated heterocycles. The highest BCUT2D eigenvalue weighted by atomic mass is 14.9. The topological polar surface area (TPSA) is 12.0 Å². The SMILES string of the molecule is CC(C)CNC(c1ccccc1)C(C)C. The van der Waals surface area contributed by atoms with E-state index in [1.807, 2.05) is 0 Å². The molecule has 0 saturated carbocycles. The van der Waals surface area contributed by atoms with E-state index >= 15 is 0 Å². The number of hydrogen-bond donors (Lipinski definition) is 1. The van der Waals surface area contributed by atoms with E-state index in [4.69, 9.17) is 0 Å². The van der Waals surface area contributed by atoms with Crippen LogP contribution in [0.15, 0.2) is 30.3 Å². The van der Waals surface area contributed by atoms with E-state index in [0.29, 0.717) is 17.9 Å². The molecule has 0 radical (unpaired) electrons. The van der Waals surface area contributed by atoms with Crippen molar-refractivity contribution < 1.29 is 0 Å². The van der Waals surface area contributed by atoms with Crippen LogP contribution in [0.3, 0.4) is 0 Å². The van der Waals surface area contributed by atoms with Crippen LogP contribution in [0.2, 0.25) is 0 Å². The van der Waals surface area contributed by atoms with Crippen molar-refractivity contribution >= 4 is 0 Å². The Labute approximate surface area is 93.9 Å². The Bertz CT molecular complexity index is 264.